The molecule has 7 heteroatoms. The lowest BCUT2D eigenvalue weighted by molar-refractivity contribution is 0.125. The van der Waals surface area contributed by atoms with Gasteiger partial charge in [0, 0.05) is 36.7 Å². The summed E-state index contributed by atoms with van der Waals surface area (Å²) in [4.78, 5) is 19.0. The van der Waals surface area contributed by atoms with E-state index in [0.717, 1.165) is 44.5 Å². The number of nitrogens with one attached hydrogen (secondary N) is 4. The number of pyridine rings is 1. The van der Waals surface area contributed by atoms with Crippen LogP contribution in [0.15, 0.2) is 48.8 Å². The third-order valence-corrected chi connectivity index (χ3v) is 5.84. The number of anilines is 1. The molecule has 0 radical (unpaired) electrons. The minimum Gasteiger partial charge on any atom is -0.334 e. The number of hydrogen-bond acceptors (Lipinski definition) is 5. The second-order valence-corrected chi connectivity index (χ2v) is 7.86. The van der Waals surface area contributed by atoms with Gasteiger partial charge in [-0.05, 0) is 67.6 Å². The minimum atomic E-state index is -0.131. The number of rotatable bonds is 5. The Morgan fingerprint density at radius 2 is 1.97 bits per heavy atom. The van der Waals surface area contributed by atoms with E-state index in [1.54, 1.807) is 0 Å². The molecular formula is C22H30N6O. The molecule has 154 valence electrons. The third-order valence-electron chi connectivity index (χ3n) is 5.84. The van der Waals surface area contributed by atoms with Crippen molar-refractivity contribution in [2.24, 2.45) is 0 Å². The molecule has 3 atom stereocenters. The number of likely N-dealkylation sites (tertiary alicyclic amines) is 1. The monoisotopic (exact) mass is 394 g/mol. The molecule has 7 nitrogen and oxygen atoms in total. The van der Waals surface area contributed by atoms with Crippen molar-refractivity contribution in [2.45, 2.75) is 50.9 Å². The number of hydrazine groups is 1. The first kappa shape index (κ1) is 19.8. The molecule has 3 unspecified atom stereocenters. The van der Waals surface area contributed by atoms with Crippen LogP contribution in [0.5, 0.6) is 0 Å². The van der Waals surface area contributed by atoms with Crippen LogP contribution in [0.4, 0.5) is 10.5 Å². The highest BCUT2D eigenvalue weighted by molar-refractivity contribution is 5.89. The Morgan fingerprint density at radius 3 is 2.72 bits per heavy atom. The number of urea groups is 1. The van der Waals surface area contributed by atoms with Crippen LogP contribution in [0.1, 0.15) is 43.4 Å². The van der Waals surface area contributed by atoms with Gasteiger partial charge in [-0.3, -0.25) is 9.88 Å². The summed E-state index contributed by atoms with van der Waals surface area (Å²) in [6, 6.07) is 12.4. The summed E-state index contributed by atoms with van der Waals surface area (Å²) in [6.07, 6.45) is 8.01. The Balaban J connectivity index is 1.27. The van der Waals surface area contributed by atoms with Gasteiger partial charge >= 0.3 is 6.03 Å². The lowest BCUT2D eigenvalue weighted by atomic mass is 10.0. The Labute approximate surface area is 172 Å². The van der Waals surface area contributed by atoms with Gasteiger partial charge in [0.15, 0.2) is 0 Å². The first-order valence-electron chi connectivity index (χ1n) is 10.5. The number of piperidine rings is 1. The summed E-state index contributed by atoms with van der Waals surface area (Å²) in [6.45, 7) is 4.02. The molecule has 2 aliphatic heterocycles. The van der Waals surface area contributed by atoms with Gasteiger partial charge in [-0.15, -0.1) is 0 Å². The van der Waals surface area contributed by atoms with Crippen LogP contribution in [-0.2, 0) is 6.42 Å². The Bertz CT molecular complexity index is 797. The SMILES string of the molecule is CCc1ccc(NC(=O)NC2CCCN(C3CC(c4ccncc4)NN3)C2)cc1. The van der Waals surface area contributed by atoms with E-state index in [9.17, 15) is 4.79 Å². The first-order valence-corrected chi connectivity index (χ1v) is 10.5. The quantitative estimate of drug-likeness (QED) is 0.627. The number of carbonyl (C=O) groups is 1. The van der Waals surface area contributed by atoms with Crippen molar-refractivity contribution < 1.29 is 4.79 Å². The molecule has 2 aliphatic rings. The fourth-order valence-electron chi connectivity index (χ4n) is 4.18. The second-order valence-electron chi connectivity index (χ2n) is 7.86. The number of amides is 2. The summed E-state index contributed by atoms with van der Waals surface area (Å²) >= 11 is 0. The smallest absolute Gasteiger partial charge is 0.319 e. The largest absolute Gasteiger partial charge is 0.334 e. The van der Waals surface area contributed by atoms with Gasteiger partial charge in [0.25, 0.3) is 0 Å². The topological polar surface area (TPSA) is 81.3 Å². The molecular weight excluding hydrogens is 364 g/mol. The first-order chi connectivity index (χ1) is 14.2. The van der Waals surface area contributed by atoms with Gasteiger partial charge in [-0.2, -0.15) is 0 Å². The minimum absolute atomic E-state index is 0.131. The summed E-state index contributed by atoms with van der Waals surface area (Å²) < 4.78 is 0. The number of aryl methyl sites for hydroxylation is 1. The highest BCUT2D eigenvalue weighted by Gasteiger charge is 2.32. The van der Waals surface area contributed by atoms with Crippen molar-refractivity contribution in [3.63, 3.8) is 0 Å². The number of benzene rings is 1. The van der Waals surface area contributed by atoms with Crippen LogP contribution in [-0.4, -0.2) is 41.2 Å². The fraction of sp³-hybridized carbons (Fsp3) is 0.455. The fourth-order valence-corrected chi connectivity index (χ4v) is 4.18. The molecule has 0 bridgehead atoms. The summed E-state index contributed by atoms with van der Waals surface area (Å²) in [5.41, 5.74) is 10.2. The number of carbonyl (C=O) groups excluding carboxylic acids is 1. The maximum absolute atomic E-state index is 12.4. The summed E-state index contributed by atoms with van der Waals surface area (Å²) in [5, 5.41) is 6.10. The predicted octanol–water partition coefficient (Wildman–Crippen LogP) is 2.80. The third kappa shape index (κ3) is 5.12. The van der Waals surface area contributed by atoms with E-state index >= 15 is 0 Å². The van der Waals surface area contributed by atoms with Crippen molar-refractivity contribution >= 4 is 11.7 Å². The normalized spacial score (nSPS) is 24.9. The molecule has 2 aromatic rings. The van der Waals surface area contributed by atoms with E-state index in [-0.39, 0.29) is 24.3 Å². The molecule has 0 spiro atoms. The van der Waals surface area contributed by atoms with E-state index in [2.05, 4.69) is 62.6 Å². The maximum Gasteiger partial charge on any atom is 0.319 e. The van der Waals surface area contributed by atoms with Crippen LogP contribution < -0.4 is 21.5 Å². The van der Waals surface area contributed by atoms with Crippen molar-refractivity contribution in [1.82, 2.24) is 26.1 Å². The molecule has 1 aromatic carbocycles. The van der Waals surface area contributed by atoms with Gasteiger partial charge in [-0.1, -0.05) is 19.1 Å². The predicted molar refractivity (Wildman–Crippen MR) is 114 cm³/mol. The van der Waals surface area contributed by atoms with E-state index in [0.29, 0.717) is 0 Å². The van der Waals surface area contributed by atoms with Gasteiger partial charge < -0.3 is 10.6 Å². The average molecular weight is 395 g/mol. The zero-order chi connectivity index (χ0) is 20.1. The summed E-state index contributed by atoms with van der Waals surface area (Å²) in [7, 11) is 0. The lowest BCUT2D eigenvalue weighted by Crippen LogP contribution is -2.54. The van der Waals surface area contributed by atoms with Crippen LogP contribution in [0.2, 0.25) is 0 Å². The number of nitrogens with zero attached hydrogens (tertiary/aromatic N) is 2. The van der Waals surface area contributed by atoms with E-state index < -0.39 is 0 Å². The zero-order valence-corrected chi connectivity index (χ0v) is 16.9. The molecule has 2 saturated heterocycles. The Morgan fingerprint density at radius 1 is 1.17 bits per heavy atom. The van der Waals surface area contributed by atoms with Crippen LogP contribution in [0.3, 0.4) is 0 Å². The number of aromatic nitrogens is 1. The van der Waals surface area contributed by atoms with Crippen molar-refractivity contribution in [2.75, 3.05) is 18.4 Å². The second kappa shape index (κ2) is 9.35. The molecule has 2 fully saturated rings. The zero-order valence-electron chi connectivity index (χ0n) is 16.9. The highest BCUT2D eigenvalue weighted by Crippen LogP contribution is 2.25. The number of hydrogen-bond donors (Lipinski definition) is 4. The van der Waals surface area contributed by atoms with Crippen LogP contribution in [0, 0.1) is 0 Å². The molecule has 3 heterocycles. The van der Waals surface area contributed by atoms with Gasteiger partial charge in [0.1, 0.15) is 0 Å². The van der Waals surface area contributed by atoms with Gasteiger partial charge in [0.05, 0.1) is 6.17 Å². The Kier molecular flexibility index (Phi) is 6.39. The standard InChI is InChI=1S/C22H30N6O/c1-2-16-5-7-18(8-6-16)24-22(29)25-19-4-3-13-28(15-19)21-14-20(26-27-21)17-9-11-23-12-10-17/h5-12,19-21,26-27H,2-4,13-15H2,1H3,(H2,24,25,29). The van der Waals surface area contributed by atoms with Crippen molar-refractivity contribution in [3.05, 3.63) is 59.9 Å². The molecule has 29 heavy (non-hydrogen) atoms. The highest BCUT2D eigenvalue weighted by atomic mass is 16.2. The Hall–Kier alpha value is -2.48. The average Bonchev–Trinajstić information content (AvgIpc) is 3.25. The molecule has 4 N–H and O–H groups in total. The van der Waals surface area contributed by atoms with Crippen LogP contribution >= 0.6 is 0 Å². The van der Waals surface area contributed by atoms with Crippen molar-refractivity contribution in [1.29, 1.82) is 0 Å². The molecule has 4 rings (SSSR count). The molecule has 0 aliphatic carbocycles. The van der Waals surface area contributed by atoms with Crippen molar-refractivity contribution in [3.8, 4) is 0 Å². The van der Waals surface area contributed by atoms with Gasteiger partial charge in [0.2, 0.25) is 0 Å². The lowest BCUT2D eigenvalue weighted by Gasteiger charge is -2.36. The van der Waals surface area contributed by atoms with E-state index in [1.807, 2.05) is 24.5 Å². The summed E-state index contributed by atoms with van der Waals surface area (Å²) in [5.74, 6) is 0. The molecule has 0 saturated carbocycles. The molecule has 2 amide bonds. The van der Waals surface area contributed by atoms with Gasteiger partial charge in [-0.25, -0.2) is 15.6 Å². The van der Waals surface area contributed by atoms with E-state index in [4.69, 9.17) is 0 Å². The molecule has 1 aromatic heterocycles. The van der Waals surface area contributed by atoms with E-state index in [1.165, 1.54) is 11.1 Å². The maximum atomic E-state index is 12.4. The van der Waals surface area contributed by atoms with Crippen LogP contribution in [0.25, 0.3) is 0 Å².